The van der Waals surface area contributed by atoms with Crippen LogP contribution in [-0.2, 0) is 37.1 Å². The van der Waals surface area contributed by atoms with Crippen LogP contribution in [0.3, 0.4) is 0 Å². The van der Waals surface area contributed by atoms with Crippen LogP contribution in [0.5, 0.6) is 0 Å². The molecule has 0 saturated carbocycles. The molecular weight excluding hydrogens is 719 g/mol. The largest absolute Gasteiger partial charge is 0.464 e. The van der Waals surface area contributed by atoms with E-state index in [1.165, 1.54) is 33.9 Å². The number of esters is 3. The molecule has 3 heterocycles. The fourth-order valence-electron chi connectivity index (χ4n) is 2.89. The molecule has 3 rings (SSSR count). The third-order valence-electron chi connectivity index (χ3n) is 5.52. The molecule has 0 spiro atoms. The molecule has 3 aromatic rings. The Hall–Kier alpha value is -2.88. The number of ether oxygens (including phenoxy) is 5. The van der Waals surface area contributed by atoms with E-state index in [-0.39, 0.29) is 0 Å². The Bertz CT molecular complexity index is 1290. The van der Waals surface area contributed by atoms with Gasteiger partial charge in [-0.2, -0.15) is 0 Å². The number of imidazole rings is 3. The van der Waals surface area contributed by atoms with Gasteiger partial charge < -0.3 is 37.8 Å². The normalized spacial score (nSPS) is 11.0. The summed E-state index contributed by atoms with van der Waals surface area (Å²) in [4.78, 5) is 47.3. The second kappa shape index (κ2) is 19.5. The third kappa shape index (κ3) is 16.3. The molecule has 0 amide bonds. The summed E-state index contributed by atoms with van der Waals surface area (Å²) in [6.45, 7) is 16.2. The van der Waals surface area contributed by atoms with Crippen LogP contribution >= 0.6 is 22.6 Å². The predicted octanol–water partition coefficient (Wildman–Crippen LogP) is 4.76. The minimum atomic E-state index is -1.05. The van der Waals surface area contributed by atoms with Crippen LogP contribution in [-0.4, -0.2) is 97.7 Å². The van der Waals surface area contributed by atoms with Gasteiger partial charge >= 0.3 is 17.9 Å². The first-order chi connectivity index (χ1) is 20.6. The molecule has 0 aliphatic rings. The van der Waals surface area contributed by atoms with E-state index in [0.29, 0.717) is 30.5 Å². The average Bonchev–Trinajstić information content (AvgIpc) is 3.74. The van der Waals surface area contributed by atoms with Gasteiger partial charge in [0.1, 0.15) is 19.2 Å². The Morgan fingerprint density at radius 1 is 0.818 bits per heavy atom. The van der Waals surface area contributed by atoms with Crippen molar-refractivity contribution in [1.29, 1.82) is 0 Å². The minimum Gasteiger partial charge on any atom is -0.464 e. The molecule has 17 heteroatoms. The van der Waals surface area contributed by atoms with Gasteiger partial charge in [0.2, 0.25) is 0 Å². The van der Waals surface area contributed by atoms with Gasteiger partial charge in [0, 0.05) is 64.3 Å². The Balaban J connectivity index is 0.000000347. The summed E-state index contributed by atoms with van der Waals surface area (Å²) in [6, 6.07) is 2.26. The van der Waals surface area contributed by atoms with E-state index in [4.69, 9.17) is 9.47 Å². The van der Waals surface area contributed by atoms with Gasteiger partial charge in [0.05, 0.1) is 40.2 Å². The smallest absolute Gasteiger partial charge is 0.358 e. The number of hydrogen-bond acceptors (Lipinski definition) is 11. The summed E-state index contributed by atoms with van der Waals surface area (Å²) >= 11 is 2.07. The molecule has 3 aromatic heterocycles. The molecule has 44 heavy (non-hydrogen) atoms. The Morgan fingerprint density at radius 2 is 1.36 bits per heavy atom. The topological polar surface area (TPSA) is 162 Å². The van der Waals surface area contributed by atoms with E-state index in [9.17, 15) is 14.4 Å². The van der Waals surface area contributed by atoms with Gasteiger partial charge in [-0.25, -0.2) is 29.3 Å². The fraction of sp³-hybridized carbons (Fsp3) is 0.556. The van der Waals surface area contributed by atoms with E-state index in [1.807, 2.05) is 0 Å². The molecule has 0 radical (unpaired) electrons. The molecule has 0 aliphatic heterocycles. The van der Waals surface area contributed by atoms with Crippen molar-refractivity contribution in [3.05, 3.63) is 52.2 Å². The number of nitrogens with one attached hydrogen (secondary N) is 1. The lowest BCUT2D eigenvalue weighted by Crippen LogP contribution is -2.22. The summed E-state index contributed by atoms with van der Waals surface area (Å²) in [5, 5.41) is 0. The summed E-state index contributed by atoms with van der Waals surface area (Å²) < 4.78 is 29.0. The second-order valence-corrected chi connectivity index (χ2v) is 24.0. The maximum Gasteiger partial charge on any atom is 0.358 e. The highest BCUT2D eigenvalue weighted by atomic mass is 127. The molecule has 246 valence electrons. The van der Waals surface area contributed by atoms with Crippen molar-refractivity contribution in [1.82, 2.24) is 29.1 Å². The van der Waals surface area contributed by atoms with Crippen molar-refractivity contribution in [2.45, 2.75) is 64.8 Å². The third-order valence-corrected chi connectivity index (χ3v) is 9.79. The van der Waals surface area contributed by atoms with Crippen LogP contribution < -0.4 is 0 Å². The van der Waals surface area contributed by atoms with E-state index < -0.39 is 34.1 Å². The minimum absolute atomic E-state index is 0.307. The quantitative estimate of drug-likeness (QED) is 0.0840. The first kappa shape index (κ1) is 39.1. The molecule has 1 N–H and O–H groups in total. The number of carbonyl (C=O) groups is 3. The zero-order valence-electron chi connectivity index (χ0n) is 27.0. The molecule has 0 bridgehead atoms. The van der Waals surface area contributed by atoms with E-state index >= 15 is 0 Å². The van der Waals surface area contributed by atoms with Crippen molar-refractivity contribution >= 4 is 56.6 Å². The predicted molar refractivity (Wildman–Crippen MR) is 178 cm³/mol. The van der Waals surface area contributed by atoms with Crippen LogP contribution in [0, 0.1) is 3.83 Å². The number of aromatic amines is 1. The number of methoxy groups -OCH3 is 3. The van der Waals surface area contributed by atoms with Gasteiger partial charge in [-0.15, -0.1) is 0 Å². The Kier molecular flexibility index (Phi) is 17.3. The number of halogens is 1. The Morgan fingerprint density at radius 3 is 1.86 bits per heavy atom. The number of rotatable bonds is 13. The van der Waals surface area contributed by atoms with Crippen LogP contribution in [0.1, 0.15) is 31.5 Å². The van der Waals surface area contributed by atoms with Gasteiger partial charge in [-0.1, -0.05) is 39.3 Å². The summed E-state index contributed by atoms with van der Waals surface area (Å²) in [5.41, 5.74) is 0.995. The molecule has 0 atom stereocenters. The monoisotopic (exact) mass is 764 g/mol. The first-order valence-electron chi connectivity index (χ1n) is 13.7. The molecular formula is C27H45IN6O8Si2. The van der Waals surface area contributed by atoms with Gasteiger partial charge in [0.25, 0.3) is 0 Å². The Labute approximate surface area is 274 Å². The molecule has 0 fully saturated rings. The highest BCUT2D eigenvalue weighted by Gasteiger charge is 2.15. The van der Waals surface area contributed by atoms with E-state index in [1.54, 1.807) is 27.9 Å². The molecule has 0 aromatic carbocycles. The summed E-state index contributed by atoms with van der Waals surface area (Å²) in [6.07, 6.45) is 7.68. The van der Waals surface area contributed by atoms with Gasteiger partial charge in [-0.05, 0) is 12.1 Å². The van der Waals surface area contributed by atoms with Crippen molar-refractivity contribution in [2.75, 3.05) is 34.5 Å². The number of carbonyl (C=O) groups excluding carboxylic acids is 3. The number of nitrogens with zero attached hydrogens (tertiary/aromatic N) is 5. The SMILES string of the molecule is COC(=O)c1cn(COCC[Si](C)(C)C)c(I)n1.COC(=O)c1cn(COCC[Si](C)(C)C)cn1.COC(=O)c1cnc[nH]1. The lowest BCUT2D eigenvalue weighted by molar-refractivity contribution is 0.0584. The van der Waals surface area contributed by atoms with Crippen molar-refractivity contribution in [3.63, 3.8) is 0 Å². The molecule has 14 nitrogen and oxygen atoms in total. The summed E-state index contributed by atoms with van der Waals surface area (Å²) in [7, 11) is 1.92. The number of hydrogen-bond donors (Lipinski definition) is 1. The number of aromatic nitrogens is 6. The van der Waals surface area contributed by atoms with Crippen molar-refractivity contribution in [2.24, 2.45) is 0 Å². The van der Waals surface area contributed by atoms with E-state index in [2.05, 4.69) is 96.0 Å². The van der Waals surface area contributed by atoms with Gasteiger partial charge in [-0.3, -0.25) is 0 Å². The van der Waals surface area contributed by atoms with Crippen LogP contribution in [0.4, 0.5) is 0 Å². The zero-order chi connectivity index (χ0) is 33.3. The second-order valence-electron chi connectivity index (χ2n) is 11.8. The van der Waals surface area contributed by atoms with E-state index in [0.717, 1.165) is 29.1 Å². The first-order valence-corrected chi connectivity index (χ1v) is 22.2. The lowest BCUT2D eigenvalue weighted by Gasteiger charge is -2.15. The fourth-order valence-corrected chi connectivity index (χ4v) is 4.95. The lowest BCUT2D eigenvalue weighted by atomic mass is 10.5. The highest BCUT2D eigenvalue weighted by molar-refractivity contribution is 14.1. The maximum atomic E-state index is 11.3. The maximum absolute atomic E-state index is 11.3. The van der Waals surface area contributed by atoms with Crippen LogP contribution in [0.15, 0.2) is 31.2 Å². The molecule has 0 aliphatic carbocycles. The van der Waals surface area contributed by atoms with Crippen LogP contribution in [0.2, 0.25) is 51.4 Å². The van der Waals surface area contributed by atoms with Crippen molar-refractivity contribution in [3.8, 4) is 0 Å². The number of H-pyrrole nitrogens is 1. The molecule has 0 saturated heterocycles. The highest BCUT2D eigenvalue weighted by Crippen LogP contribution is 2.11. The standard InChI is InChI=1S/C11H19IN2O3Si.C11H20N2O3Si.C5H6N2O2/c1-16-10(15)9-7-14(11(12)13-9)8-17-5-6-18(2,3)4;1-15-11(14)10-7-13(8-12-10)9-16-5-6-17(2,3)4;1-9-5(8)4-2-6-3-7-4/h7H,5-6,8H2,1-4H3;7-8H,5-6,9H2,1-4H3;2-3H,1H3,(H,6,7). The van der Waals surface area contributed by atoms with Crippen molar-refractivity contribution < 1.29 is 38.1 Å². The summed E-state index contributed by atoms with van der Waals surface area (Å²) in [5.74, 6) is -1.24. The zero-order valence-corrected chi connectivity index (χ0v) is 31.2. The molecule has 0 unspecified atom stereocenters. The van der Waals surface area contributed by atoms with Crippen LogP contribution in [0.25, 0.3) is 0 Å². The average molecular weight is 765 g/mol. The van der Waals surface area contributed by atoms with Gasteiger partial charge in [0.15, 0.2) is 15.2 Å².